The highest BCUT2D eigenvalue weighted by molar-refractivity contribution is 6.05. The molecule has 0 heterocycles. The number of carbonyl (C=O) groups is 2. The number of ether oxygens (including phenoxy) is 3. The van der Waals surface area contributed by atoms with Crippen molar-refractivity contribution in [1.29, 1.82) is 0 Å². The highest BCUT2D eigenvalue weighted by atomic mass is 16.5. The Morgan fingerprint density at radius 3 is 2.07 bits per heavy atom. The Kier molecular flexibility index (Phi) is 6.89. The lowest BCUT2D eigenvalue weighted by Crippen LogP contribution is -2.14. The summed E-state index contributed by atoms with van der Waals surface area (Å²) in [6, 6.07) is 20.1. The van der Waals surface area contributed by atoms with Gasteiger partial charge in [0, 0.05) is 5.56 Å². The predicted octanol–water partition coefficient (Wildman–Crippen LogP) is 4.10. The maximum absolute atomic E-state index is 12.5. The van der Waals surface area contributed by atoms with E-state index in [1.165, 1.54) is 12.1 Å². The van der Waals surface area contributed by atoms with Gasteiger partial charge in [0.2, 0.25) is 0 Å². The van der Waals surface area contributed by atoms with E-state index >= 15 is 0 Å². The predicted molar refractivity (Wildman–Crippen MR) is 112 cm³/mol. The highest BCUT2D eigenvalue weighted by Gasteiger charge is 2.10. The van der Waals surface area contributed by atoms with Crippen molar-refractivity contribution in [2.24, 2.45) is 0 Å². The van der Waals surface area contributed by atoms with Crippen LogP contribution in [0.5, 0.6) is 17.2 Å². The van der Waals surface area contributed by atoms with Crippen LogP contribution in [0, 0.1) is 0 Å². The molecule has 2 N–H and O–H groups in total. The monoisotopic (exact) mass is 407 g/mol. The molecule has 3 aromatic carbocycles. The number of para-hydroxylation sites is 2. The molecule has 0 bridgehead atoms. The third-order valence-corrected chi connectivity index (χ3v) is 4.20. The average Bonchev–Trinajstić information content (AvgIpc) is 2.78. The molecule has 0 aliphatic rings. The summed E-state index contributed by atoms with van der Waals surface area (Å²) in [4.78, 5) is 23.3. The molecule has 0 unspecified atom stereocenters. The minimum absolute atomic E-state index is 0.195. The molecule has 3 rings (SSSR count). The topological polar surface area (TPSA) is 94.1 Å². The van der Waals surface area contributed by atoms with Gasteiger partial charge in [-0.3, -0.25) is 4.79 Å². The lowest BCUT2D eigenvalue weighted by atomic mass is 10.2. The molecule has 0 fully saturated rings. The van der Waals surface area contributed by atoms with Crippen LogP contribution in [-0.4, -0.2) is 37.3 Å². The SMILES string of the molecule is COc1ccc(C(=O)Nc2ccccc2OCCOc2ccc(C(=O)O)cc2)cc1. The lowest BCUT2D eigenvalue weighted by Gasteiger charge is -2.13. The van der Waals surface area contributed by atoms with Gasteiger partial charge in [-0.05, 0) is 60.7 Å². The van der Waals surface area contributed by atoms with E-state index in [1.807, 2.05) is 6.07 Å². The number of aromatic carboxylic acids is 1. The molecule has 0 aliphatic carbocycles. The van der Waals surface area contributed by atoms with Gasteiger partial charge in [0.25, 0.3) is 5.91 Å². The number of anilines is 1. The van der Waals surface area contributed by atoms with Crippen molar-refractivity contribution in [3.8, 4) is 17.2 Å². The van der Waals surface area contributed by atoms with Crippen molar-refractivity contribution in [1.82, 2.24) is 0 Å². The van der Waals surface area contributed by atoms with Gasteiger partial charge in [-0.1, -0.05) is 12.1 Å². The molecule has 7 heteroatoms. The fourth-order valence-electron chi connectivity index (χ4n) is 2.64. The zero-order valence-electron chi connectivity index (χ0n) is 16.3. The average molecular weight is 407 g/mol. The first-order valence-electron chi connectivity index (χ1n) is 9.20. The molecular weight excluding hydrogens is 386 g/mol. The standard InChI is InChI=1S/C23H21NO6/c1-28-18-10-6-16(7-11-18)22(25)24-20-4-2-3-5-21(20)30-15-14-29-19-12-8-17(9-13-19)23(26)27/h2-13H,14-15H2,1H3,(H,24,25)(H,26,27). The summed E-state index contributed by atoms with van der Waals surface area (Å²) in [5.41, 5.74) is 1.24. The number of carbonyl (C=O) groups excluding carboxylic acids is 1. The number of methoxy groups -OCH3 is 1. The van der Waals surface area contributed by atoms with Gasteiger partial charge in [-0.2, -0.15) is 0 Å². The molecule has 1 amide bonds. The Hall–Kier alpha value is -4.00. The van der Waals surface area contributed by atoms with E-state index in [2.05, 4.69) is 5.32 Å². The second-order valence-corrected chi connectivity index (χ2v) is 6.21. The molecule has 0 spiro atoms. The van der Waals surface area contributed by atoms with Crippen LogP contribution in [0.4, 0.5) is 5.69 Å². The van der Waals surface area contributed by atoms with Gasteiger partial charge >= 0.3 is 5.97 Å². The van der Waals surface area contributed by atoms with Crippen molar-refractivity contribution in [3.63, 3.8) is 0 Å². The van der Waals surface area contributed by atoms with Crippen molar-refractivity contribution in [2.45, 2.75) is 0 Å². The van der Waals surface area contributed by atoms with Crippen LogP contribution in [0.15, 0.2) is 72.8 Å². The Labute approximate surface area is 173 Å². The van der Waals surface area contributed by atoms with Crippen LogP contribution < -0.4 is 19.5 Å². The molecule has 3 aromatic rings. The van der Waals surface area contributed by atoms with Gasteiger partial charge in [0.1, 0.15) is 30.5 Å². The molecule has 0 atom stereocenters. The molecule has 0 radical (unpaired) electrons. The number of hydrogen-bond donors (Lipinski definition) is 2. The second-order valence-electron chi connectivity index (χ2n) is 6.21. The fraction of sp³-hybridized carbons (Fsp3) is 0.130. The summed E-state index contributed by atoms with van der Waals surface area (Å²) in [5, 5.41) is 11.7. The summed E-state index contributed by atoms with van der Waals surface area (Å²) >= 11 is 0. The van der Waals surface area contributed by atoms with E-state index in [9.17, 15) is 9.59 Å². The summed E-state index contributed by atoms with van der Waals surface area (Å²) in [6.07, 6.45) is 0. The molecule has 0 saturated carbocycles. The fourth-order valence-corrected chi connectivity index (χ4v) is 2.64. The summed E-state index contributed by atoms with van der Waals surface area (Å²) in [6.45, 7) is 0.503. The molecule has 30 heavy (non-hydrogen) atoms. The summed E-state index contributed by atoms with van der Waals surface area (Å²) in [5.74, 6) is 0.489. The quantitative estimate of drug-likeness (QED) is 0.519. The molecule has 154 valence electrons. The number of rotatable bonds is 9. The first-order valence-corrected chi connectivity index (χ1v) is 9.20. The Bertz CT molecular complexity index is 999. The molecule has 0 aliphatic heterocycles. The van der Waals surface area contributed by atoms with Crippen LogP contribution in [0.25, 0.3) is 0 Å². The lowest BCUT2D eigenvalue weighted by molar-refractivity contribution is 0.0696. The van der Waals surface area contributed by atoms with E-state index in [-0.39, 0.29) is 24.7 Å². The minimum atomic E-state index is -0.988. The molecular formula is C23H21NO6. The Morgan fingerprint density at radius 2 is 1.40 bits per heavy atom. The van der Waals surface area contributed by atoms with Gasteiger partial charge in [-0.15, -0.1) is 0 Å². The number of nitrogens with one attached hydrogen (secondary N) is 1. The van der Waals surface area contributed by atoms with Crippen LogP contribution in [-0.2, 0) is 0 Å². The van der Waals surface area contributed by atoms with Crippen LogP contribution in [0.3, 0.4) is 0 Å². The Morgan fingerprint density at radius 1 is 0.800 bits per heavy atom. The zero-order valence-corrected chi connectivity index (χ0v) is 16.3. The van der Waals surface area contributed by atoms with Gasteiger partial charge in [0.15, 0.2) is 0 Å². The number of benzene rings is 3. The van der Waals surface area contributed by atoms with Crippen molar-refractivity contribution in [3.05, 3.63) is 83.9 Å². The summed E-state index contributed by atoms with van der Waals surface area (Å²) in [7, 11) is 1.57. The van der Waals surface area contributed by atoms with Gasteiger partial charge in [0.05, 0.1) is 18.4 Å². The van der Waals surface area contributed by atoms with E-state index in [0.717, 1.165) is 0 Å². The van der Waals surface area contributed by atoms with Gasteiger partial charge < -0.3 is 24.6 Å². The third-order valence-electron chi connectivity index (χ3n) is 4.20. The third kappa shape index (κ3) is 5.51. The highest BCUT2D eigenvalue weighted by Crippen LogP contribution is 2.25. The number of carboxylic acid groups (broad SMARTS) is 1. The first-order chi connectivity index (χ1) is 14.6. The largest absolute Gasteiger partial charge is 0.497 e. The van der Waals surface area contributed by atoms with Crippen molar-refractivity contribution in [2.75, 3.05) is 25.6 Å². The van der Waals surface area contributed by atoms with E-state index in [0.29, 0.717) is 28.5 Å². The summed E-state index contributed by atoms with van der Waals surface area (Å²) < 4.78 is 16.4. The number of amides is 1. The van der Waals surface area contributed by atoms with E-state index in [1.54, 1.807) is 61.7 Å². The molecule has 0 aromatic heterocycles. The molecule has 0 saturated heterocycles. The maximum atomic E-state index is 12.5. The van der Waals surface area contributed by atoms with Gasteiger partial charge in [-0.25, -0.2) is 4.79 Å². The maximum Gasteiger partial charge on any atom is 0.335 e. The van der Waals surface area contributed by atoms with Crippen molar-refractivity contribution >= 4 is 17.6 Å². The second kappa shape index (κ2) is 9.97. The Balaban J connectivity index is 1.54. The van der Waals surface area contributed by atoms with Crippen LogP contribution in [0.1, 0.15) is 20.7 Å². The number of carboxylic acids is 1. The number of hydrogen-bond acceptors (Lipinski definition) is 5. The first kappa shape index (κ1) is 20.7. The van der Waals surface area contributed by atoms with Crippen LogP contribution >= 0.6 is 0 Å². The van der Waals surface area contributed by atoms with Crippen LogP contribution in [0.2, 0.25) is 0 Å². The smallest absolute Gasteiger partial charge is 0.335 e. The minimum Gasteiger partial charge on any atom is -0.497 e. The normalized spacial score (nSPS) is 10.2. The van der Waals surface area contributed by atoms with E-state index in [4.69, 9.17) is 19.3 Å². The van der Waals surface area contributed by atoms with Crippen molar-refractivity contribution < 1.29 is 28.9 Å². The molecule has 7 nitrogen and oxygen atoms in total. The van der Waals surface area contributed by atoms with E-state index < -0.39 is 5.97 Å². The zero-order chi connectivity index (χ0) is 21.3.